The van der Waals surface area contributed by atoms with Crippen LogP contribution in [0.25, 0.3) is 5.65 Å². The third-order valence-corrected chi connectivity index (χ3v) is 3.32. The lowest BCUT2D eigenvalue weighted by atomic mass is 10.2. The van der Waals surface area contributed by atoms with Crippen LogP contribution in [0.1, 0.15) is 5.56 Å². The van der Waals surface area contributed by atoms with Crippen molar-refractivity contribution in [1.82, 2.24) is 14.4 Å². The van der Waals surface area contributed by atoms with E-state index in [1.165, 1.54) is 0 Å². The van der Waals surface area contributed by atoms with Gasteiger partial charge in [-0.15, -0.1) is 0 Å². The molecule has 2 N–H and O–H groups in total. The lowest BCUT2D eigenvalue weighted by Crippen LogP contribution is -2.19. The number of hydrogen-bond acceptors (Lipinski definition) is 4. The van der Waals surface area contributed by atoms with Crippen molar-refractivity contribution in [3.63, 3.8) is 0 Å². The van der Waals surface area contributed by atoms with Crippen LogP contribution in [0.2, 0.25) is 5.02 Å². The minimum Gasteiger partial charge on any atom is -0.382 e. The lowest BCUT2D eigenvalue weighted by Gasteiger charge is -2.19. The van der Waals surface area contributed by atoms with E-state index in [4.69, 9.17) is 17.3 Å². The summed E-state index contributed by atoms with van der Waals surface area (Å²) < 4.78 is 1.87. The van der Waals surface area contributed by atoms with Crippen LogP contribution in [0.5, 0.6) is 0 Å². The number of halogens is 1. The molecule has 0 amide bonds. The van der Waals surface area contributed by atoms with Crippen molar-refractivity contribution in [1.29, 1.82) is 0 Å². The van der Waals surface area contributed by atoms with Gasteiger partial charge in [0.05, 0.1) is 6.20 Å². The van der Waals surface area contributed by atoms with Crippen molar-refractivity contribution >= 4 is 28.9 Å². The molecule has 0 saturated heterocycles. The summed E-state index contributed by atoms with van der Waals surface area (Å²) in [5, 5.41) is 0.731. The second kappa shape index (κ2) is 5.02. The van der Waals surface area contributed by atoms with Crippen molar-refractivity contribution in [3.05, 3.63) is 53.4 Å². The summed E-state index contributed by atoms with van der Waals surface area (Å²) in [6.07, 6.45) is 5.34. The second-order valence-corrected chi connectivity index (χ2v) is 5.07. The van der Waals surface area contributed by atoms with Crippen LogP contribution in [0.4, 0.5) is 11.6 Å². The second-order valence-electron chi connectivity index (χ2n) is 4.63. The number of nitrogens with two attached hydrogens (primary N) is 1. The fourth-order valence-corrected chi connectivity index (χ4v) is 2.25. The molecule has 2 heterocycles. The molecule has 1 aromatic carbocycles. The van der Waals surface area contributed by atoms with Gasteiger partial charge in [-0.2, -0.15) is 0 Å². The molecule has 0 aliphatic rings. The molecule has 0 atom stereocenters. The molecular formula is C14H14ClN5. The van der Waals surface area contributed by atoms with Crippen LogP contribution in [0, 0.1) is 0 Å². The summed E-state index contributed by atoms with van der Waals surface area (Å²) in [7, 11) is 1.96. The van der Waals surface area contributed by atoms with Crippen molar-refractivity contribution in [3.8, 4) is 0 Å². The Morgan fingerprint density at radius 3 is 2.80 bits per heavy atom. The Balaban J connectivity index is 1.93. The Labute approximate surface area is 121 Å². The fourth-order valence-electron chi connectivity index (χ4n) is 2.13. The molecule has 0 fully saturated rings. The maximum atomic E-state index is 5.89. The number of nitrogens with zero attached hydrogens (tertiary/aromatic N) is 4. The summed E-state index contributed by atoms with van der Waals surface area (Å²) in [5.74, 6) is 1.22. The van der Waals surface area contributed by atoms with Gasteiger partial charge in [-0.25, -0.2) is 9.97 Å². The molecule has 5 nitrogen and oxygen atoms in total. The standard InChI is InChI=1S/C14H14ClN5/c1-19(8-10-2-4-11(15)5-3-10)14-13-17-6-7-20(13)9-12(16)18-14/h2-7,9H,8,16H2,1H3. The maximum absolute atomic E-state index is 5.89. The van der Waals surface area contributed by atoms with E-state index in [0.29, 0.717) is 12.4 Å². The lowest BCUT2D eigenvalue weighted by molar-refractivity contribution is 0.894. The predicted octanol–water partition coefficient (Wildman–Crippen LogP) is 2.60. The predicted molar refractivity (Wildman–Crippen MR) is 81.0 cm³/mol. The highest BCUT2D eigenvalue weighted by atomic mass is 35.5. The van der Waals surface area contributed by atoms with E-state index >= 15 is 0 Å². The van der Waals surface area contributed by atoms with E-state index < -0.39 is 0 Å². The van der Waals surface area contributed by atoms with Gasteiger partial charge in [0.15, 0.2) is 11.5 Å². The van der Waals surface area contributed by atoms with Crippen LogP contribution >= 0.6 is 11.6 Å². The topological polar surface area (TPSA) is 59.5 Å². The molecule has 0 aliphatic carbocycles. The molecule has 0 aliphatic heterocycles. The van der Waals surface area contributed by atoms with Gasteiger partial charge in [0, 0.05) is 31.0 Å². The van der Waals surface area contributed by atoms with Gasteiger partial charge in [-0.05, 0) is 17.7 Å². The van der Waals surface area contributed by atoms with E-state index in [-0.39, 0.29) is 0 Å². The van der Waals surface area contributed by atoms with Gasteiger partial charge in [0.25, 0.3) is 0 Å². The van der Waals surface area contributed by atoms with E-state index in [9.17, 15) is 0 Å². The monoisotopic (exact) mass is 287 g/mol. The number of hydrogen-bond donors (Lipinski definition) is 1. The van der Waals surface area contributed by atoms with Gasteiger partial charge in [-0.3, -0.25) is 0 Å². The molecule has 102 valence electrons. The van der Waals surface area contributed by atoms with Gasteiger partial charge in [0.1, 0.15) is 5.82 Å². The Morgan fingerprint density at radius 1 is 1.30 bits per heavy atom. The van der Waals surface area contributed by atoms with Crippen LogP contribution in [-0.4, -0.2) is 21.4 Å². The van der Waals surface area contributed by atoms with Crippen LogP contribution < -0.4 is 10.6 Å². The average Bonchev–Trinajstić information content (AvgIpc) is 2.88. The SMILES string of the molecule is CN(Cc1ccc(Cl)cc1)c1nc(N)cn2ccnc12. The first-order valence-corrected chi connectivity index (χ1v) is 6.56. The van der Waals surface area contributed by atoms with Crippen LogP contribution in [-0.2, 0) is 6.54 Å². The molecule has 3 aromatic rings. The smallest absolute Gasteiger partial charge is 0.180 e. The summed E-state index contributed by atoms with van der Waals surface area (Å²) >= 11 is 5.89. The van der Waals surface area contributed by atoms with E-state index in [1.807, 2.05) is 46.8 Å². The molecule has 0 radical (unpaired) electrons. The summed E-state index contributed by atoms with van der Waals surface area (Å²) in [6, 6.07) is 7.74. The van der Waals surface area contributed by atoms with Crippen molar-refractivity contribution in [2.24, 2.45) is 0 Å². The molecule has 0 bridgehead atoms. The largest absolute Gasteiger partial charge is 0.382 e. The average molecular weight is 288 g/mol. The zero-order valence-electron chi connectivity index (χ0n) is 11.0. The highest BCUT2D eigenvalue weighted by molar-refractivity contribution is 6.30. The Morgan fingerprint density at radius 2 is 2.05 bits per heavy atom. The van der Waals surface area contributed by atoms with Crippen molar-refractivity contribution < 1.29 is 0 Å². The van der Waals surface area contributed by atoms with Gasteiger partial charge < -0.3 is 15.0 Å². The number of rotatable bonds is 3. The molecule has 0 unspecified atom stereocenters. The fraction of sp³-hybridized carbons (Fsp3) is 0.143. The Hall–Kier alpha value is -2.27. The third-order valence-electron chi connectivity index (χ3n) is 3.07. The van der Waals surface area contributed by atoms with Gasteiger partial charge >= 0.3 is 0 Å². The zero-order valence-corrected chi connectivity index (χ0v) is 11.7. The quantitative estimate of drug-likeness (QED) is 0.804. The number of anilines is 2. The number of imidazole rings is 1. The maximum Gasteiger partial charge on any atom is 0.180 e. The van der Waals surface area contributed by atoms with E-state index in [1.54, 1.807) is 12.4 Å². The van der Waals surface area contributed by atoms with Crippen LogP contribution in [0.15, 0.2) is 42.9 Å². The van der Waals surface area contributed by atoms with Gasteiger partial charge in [0.2, 0.25) is 0 Å². The third kappa shape index (κ3) is 2.40. The van der Waals surface area contributed by atoms with E-state index in [0.717, 1.165) is 22.1 Å². The molecule has 20 heavy (non-hydrogen) atoms. The van der Waals surface area contributed by atoms with Crippen molar-refractivity contribution in [2.75, 3.05) is 17.7 Å². The summed E-state index contributed by atoms with van der Waals surface area (Å²) in [4.78, 5) is 10.7. The highest BCUT2D eigenvalue weighted by Gasteiger charge is 2.11. The molecule has 0 spiro atoms. The first-order chi connectivity index (χ1) is 9.63. The number of nitrogen functional groups attached to an aromatic ring is 1. The first-order valence-electron chi connectivity index (χ1n) is 6.18. The van der Waals surface area contributed by atoms with Crippen LogP contribution in [0.3, 0.4) is 0 Å². The zero-order chi connectivity index (χ0) is 14.1. The summed E-state index contributed by atoms with van der Waals surface area (Å²) in [5.41, 5.74) is 7.76. The van der Waals surface area contributed by atoms with Gasteiger partial charge in [-0.1, -0.05) is 23.7 Å². The van der Waals surface area contributed by atoms with E-state index in [2.05, 4.69) is 9.97 Å². The minimum atomic E-state index is 0.466. The minimum absolute atomic E-state index is 0.466. The molecule has 0 saturated carbocycles. The molecule has 2 aromatic heterocycles. The highest BCUT2D eigenvalue weighted by Crippen LogP contribution is 2.20. The Bertz CT molecular complexity index is 735. The molecule has 3 rings (SSSR count). The number of aromatic nitrogens is 3. The van der Waals surface area contributed by atoms with Crippen molar-refractivity contribution in [2.45, 2.75) is 6.54 Å². The first kappa shape index (κ1) is 12.7. The summed E-state index contributed by atoms with van der Waals surface area (Å²) in [6.45, 7) is 0.705. The number of benzene rings is 1. The normalized spacial score (nSPS) is 10.9. The molecule has 6 heteroatoms. The number of fused-ring (bicyclic) bond motifs is 1. The Kier molecular flexibility index (Phi) is 3.20. The molecular weight excluding hydrogens is 274 g/mol.